The first-order valence-corrected chi connectivity index (χ1v) is 7.89. The van der Waals surface area contributed by atoms with E-state index < -0.39 is 41.3 Å². The highest BCUT2D eigenvalue weighted by molar-refractivity contribution is 7.89. The van der Waals surface area contributed by atoms with Crippen molar-refractivity contribution >= 4 is 10.0 Å². The molecule has 1 aliphatic heterocycles. The number of ether oxygens (including phenoxy) is 1. The Morgan fingerprint density at radius 2 is 2.00 bits per heavy atom. The number of alkyl halides is 3. The topological polar surface area (TPSA) is 66.8 Å². The first-order valence-electron chi connectivity index (χ1n) is 6.45. The van der Waals surface area contributed by atoms with Gasteiger partial charge in [0.25, 0.3) is 0 Å². The van der Waals surface area contributed by atoms with Crippen LogP contribution in [-0.4, -0.2) is 49.8 Å². The number of β-amino-alcohol motifs (C(OH)–C–C–N with tert-alkyl or cyclic N) is 1. The van der Waals surface area contributed by atoms with Gasteiger partial charge in [0.2, 0.25) is 10.0 Å². The largest absolute Gasteiger partial charge is 0.495 e. The molecule has 0 spiro atoms. The zero-order chi connectivity index (χ0) is 16.8. The Balaban J connectivity index is 2.40. The van der Waals surface area contributed by atoms with Crippen LogP contribution in [0.25, 0.3) is 0 Å². The molecule has 22 heavy (non-hydrogen) atoms. The molecular formula is C13H16F3NO4S. The number of sulfonamides is 1. The van der Waals surface area contributed by atoms with Crippen LogP contribution >= 0.6 is 0 Å². The first kappa shape index (κ1) is 17.0. The number of methoxy groups -OCH3 is 1. The molecule has 0 amide bonds. The van der Waals surface area contributed by atoms with Gasteiger partial charge in [-0.05, 0) is 24.6 Å². The lowest BCUT2D eigenvalue weighted by Gasteiger charge is -2.26. The molecule has 2 rings (SSSR count). The number of rotatable bonds is 3. The maximum absolute atomic E-state index is 12.8. The fourth-order valence-corrected chi connectivity index (χ4v) is 4.05. The molecule has 1 heterocycles. The highest BCUT2D eigenvalue weighted by Gasteiger charge is 2.59. The molecule has 0 bridgehead atoms. The van der Waals surface area contributed by atoms with E-state index in [4.69, 9.17) is 4.74 Å². The molecule has 5 nitrogen and oxygen atoms in total. The molecule has 124 valence electrons. The molecule has 1 saturated heterocycles. The van der Waals surface area contributed by atoms with Crippen LogP contribution in [-0.2, 0) is 10.0 Å². The molecule has 1 atom stereocenters. The molecule has 9 heteroatoms. The molecule has 0 unspecified atom stereocenters. The predicted octanol–water partition coefficient (Wildman–Crippen LogP) is 1.69. The maximum Gasteiger partial charge on any atom is 0.418 e. The molecule has 1 aromatic rings. The van der Waals surface area contributed by atoms with Crippen molar-refractivity contribution in [3.63, 3.8) is 0 Å². The Hall–Kier alpha value is -1.32. The predicted molar refractivity (Wildman–Crippen MR) is 72.1 cm³/mol. The molecule has 1 aliphatic rings. The van der Waals surface area contributed by atoms with Crippen LogP contribution in [0.5, 0.6) is 5.75 Å². The van der Waals surface area contributed by atoms with Crippen molar-refractivity contribution in [2.75, 3.05) is 20.2 Å². The summed E-state index contributed by atoms with van der Waals surface area (Å²) in [6.07, 6.45) is -5.57. The zero-order valence-electron chi connectivity index (χ0n) is 12.0. The third-order valence-electron chi connectivity index (χ3n) is 3.68. The zero-order valence-corrected chi connectivity index (χ0v) is 12.8. The molecule has 1 N–H and O–H groups in total. The minimum Gasteiger partial charge on any atom is -0.495 e. The lowest BCUT2D eigenvalue weighted by Crippen LogP contribution is -2.48. The number of halogens is 3. The van der Waals surface area contributed by atoms with E-state index >= 15 is 0 Å². The summed E-state index contributed by atoms with van der Waals surface area (Å²) in [5.41, 5.74) is -2.39. The van der Waals surface area contributed by atoms with Gasteiger partial charge < -0.3 is 9.84 Å². The number of hydrogen-bond donors (Lipinski definition) is 1. The summed E-state index contributed by atoms with van der Waals surface area (Å²) in [6, 6.07) is 4.40. The number of aryl methyl sites for hydroxylation is 1. The van der Waals surface area contributed by atoms with Gasteiger partial charge in [-0.2, -0.15) is 17.5 Å². The Kier molecular flexibility index (Phi) is 4.18. The van der Waals surface area contributed by atoms with Crippen molar-refractivity contribution in [1.29, 1.82) is 0 Å². The summed E-state index contributed by atoms with van der Waals surface area (Å²) < 4.78 is 69.2. The average molecular weight is 339 g/mol. The number of benzene rings is 1. The first-order chi connectivity index (χ1) is 10.0. The van der Waals surface area contributed by atoms with Gasteiger partial charge in [0, 0.05) is 13.0 Å². The summed E-state index contributed by atoms with van der Waals surface area (Å²) in [5, 5.41) is 9.63. The molecule has 0 saturated carbocycles. The van der Waals surface area contributed by atoms with Crippen molar-refractivity contribution < 1.29 is 31.4 Å². The van der Waals surface area contributed by atoms with Gasteiger partial charge in [0.15, 0.2) is 5.60 Å². The quantitative estimate of drug-likeness (QED) is 0.910. The van der Waals surface area contributed by atoms with Crippen molar-refractivity contribution in [2.24, 2.45) is 0 Å². The van der Waals surface area contributed by atoms with Crippen LogP contribution in [0, 0.1) is 6.92 Å². The molecule has 1 aromatic carbocycles. The van der Waals surface area contributed by atoms with E-state index in [1.807, 2.05) is 0 Å². The summed E-state index contributed by atoms with van der Waals surface area (Å²) in [4.78, 5) is -0.207. The van der Waals surface area contributed by atoms with Gasteiger partial charge in [-0.25, -0.2) is 8.42 Å². The maximum atomic E-state index is 12.8. The lowest BCUT2D eigenvalue weighted by molar-refractivity contribution is -0.252. The Labute approximate surface area is 126 Å². The molecular weight excluding hydrogens is 323 g/mol. The van der Waals surface area contributed by atoms with Crippen LogP contribution < -0.4 is 4.74 Å². The van der Waals surface area contributed by atoms with E-state index in [9.17, 15) is 26.7 Å². The minimum absolute atomic E-state index is 0.0491. The smallest absolute Gasteiger partial charge is 0.418 e. The van der Waals surface area contributed by atoms with Gasteiger partial charge in [0.05, 0.1) is 13.7 Å². The van der Waals surface area contributed by atoms with E-state index in [1.54, 1.807) is 13.0 Å². The monoisotopic (exact) mass is 339 g/mol. The SMILES string of the molecule is COc1ccc(C)cc1S(=O)(=O)N1CC[C@@](O)(C(F)(F)F)C1. The average Bonchev–Trinajstić information content (AvgIpc) is 2.83. The van der Waals surface area contributed by atoms with Crippen molar-refractivity contribution in [3.8, 4) is 5.75 Å². The molecule has 0 aliphatic carbocycles. The van der Waals surface area contributed by atoms with Crippen molar-refractivity contribution in [3.05, 3.63) is 23.8 Å². The van der Waals surface area contributed by atoms with Crippen LogP contribution in [0.15, 0.2) is 23.1 Å². The fraction of sp³-hybridized carbons (Fsp3) is 0.538. The molecule has 0 radical (unpaired) electrons. The standard InChI is InChI=1S/C13H16F3NO4S/c1-9-3-4-10(21-2)11(7-9)22(19,20)17-6-5-12(18,8-17)13(14,15)16/h3-4,7,18H,5-6,8H2,1-2H3/t12-/m0/s1. The van der Waals surface area contributed by atoms with Gasteiger partial charge >= 0.3 is 6.18 Å². The van der Waals surface area contributed by atoms with Crippen molar-refractivity contribution in [1.82, 2.24) is 4.31 Å². The third kappa shape index (κ3) is 2.80. The summed E-state index contributed by atoms with van der Waals surface area (Å²) in [7, 11) is -2.91. The van der Waals surface area contributed by atoms with E-state index in [-0.39, 0.29) is 10.6 Å². The van der Waals surface area contributed by atoms with Crippen LogP contribution in [0.3, 0.4) is 0 Å². The Bertz CT molecular complexity index is 674. The third-order valence-corrected chi connectivity index (χ3v) is 5.54. The summed E-state index contributed by atoms with van der Waals surface area (Å²) in [5.74, 6) is 0.0491. The van der Waals surface area contributed by atoms with Crippen LogP contribution in [0.2, 0.25) is 0 Å². The van der Waals surface area contributed by atoms with E-state index in [2.05, 4.69) is 0 Å². The van der Waals surface area contributed by atoms with Gasteiger partial charge in [-0.15, -0.1) is 0 Å². The summed E-state index contributed by atoms with van der Waals surface area (Å²) in [6.45, 7) is 0.236. The Morgan fingerprint density at radius 1 is 1.36 bits per heavy atom. The van der Waals surface area contributed by atoms with Crippen molar-refractivity contribution in [2.45, 2.75) is 30.0 Å². The highest BCUT2D eigenvalue weighted by Crippen LogP contribution is 2.40. The second-order valence-corrected chi connectivity index (χ2v) is 7.18. The second-order valence-electron chi connectivity index (χ2n) is 5.27. The van der Waals surface area contributed by atoms with Crippen LogP contribution in [0.1, 0.15) is 12.0 Å². The Morgan fingerprint density at radius 3 is 2.50 bits per heavy atom. The van der Waals surface area contributed by atoms with E-state index in [1.165, 1.54) is 19.2 Å². The summed E-state index contributed by atoms with van der Waals surface area (Å²) >= 11 is 0. The minimum atomic E-state index is -4.88. The molecule has 0 aromatic heterocycles. The number of nitrogens with zero attached hydrogens (tertiary/aromatic N) is 1. The number of aliphatic hydroxyl groups is 1. The van der Waals surface area contributed by atoms with Crippen LogP contribution in [0.4, 0.5) is 13.2 Å². The van der Waals surface area contributed by atoms with Gasteiger partial charge in [-0.3, -0.25) is 0 Å². The van der Waals surface area contributed by atoms with Gasteiger partial charge in [0.1, 0.15) is 10.6 Å². The van der Waals surface area contributed by atoms with Gasteiger partial charge in [-0.1, -0.05) is 6.07 Å². The normalized spacial score (nSPS) is 23.7. The van der Waals surface area contributed by atoms with E-state index in [0.29, 0.717) is 9.87 Å². The highest BCUT2D eigenvalue weighted by atomic mass is 32.2. The molecule has 1 fully saturated rings. The second kappa shape index (κ2) is 5.39. The fourth-order valence-electron chi connectivity index (χ4n) is 2.32. The van der Waals surface area contributed by atoms with E-state index in [0.717, 1.165) is 0 Å². The lowest BCUT2D eigenvalue weighted by atomic mass is 10.0. The number of hydrogen-bond acceptors (Lipinski definition) is 4.